The zero-order valence-corrected chi connectivity index (χ0v) is 19.4. The summed E-state index contributed by atoms with van der Waals surface area (Å²) >= 11 is 1.07. The number of hydrogen-bond acceptors (Lipinski definition) is 8. The topological polar surface area (TPSA) is 112 Å². The predicted molar refractivity (Wildman–Crippen MR) is 119 cm³/mol. The lowest BCUT2D eigenvalue weighted by Gasteiger charge is -2.23. The number of methoxy groups -OCH3 is 1. The van der Waals surface area contributed by atoms with E-state index in [-0.39, 0.29) is 28.7 Å². The van der Waals surface area contributed by atoms with E-state index in [0.29, 0.717) is 16.1 Å². The van der Waals surface area contributed by atoms with E-state index in [0.717, 1.165) is 17.6 Å². The average molecular weight is 493 g/mol. The monoisotopic (exact) mass is 492 g/mol. The molecule has 1 aromatic heterocycles. The number of anilines is 2. The smallest absolute Gasteiger partial charge is 0.284 e. The standard InChI is InChI=1S/C21H18F2N4O4S2/c1-12-19(20(28)26-33(3,29)30)25-21(32-12)27(15-7-4-13(10-24)5-8-15)11-14-6-9-16(31-2)18(23)17(14)22/h4-9H,11H2,1-3H3,(H,26,28). The van der Waals surface area contributed by atoms with Gasteiger partial charge in [-0.15, -0.1) is 11.3 Å². The summed E-state index contributed by atoms with van der Waals surface area (Å²) in [4.78, 5) is 18.5. The van der Waals surface area contributed by atoms with Crippen LogP contribution in [0, 0.1) is 29.9 Å². The molecule has 0 radical (unpaired) electrons. The number of sulfonamides is 1. The maximum absolute atomic E-state index is 14.7. The van der Waals surface area contributed by atoms with Crippen molar-refractivity contribution in [3.8, 4) is 11.8 Å². The number of nitrogens with one attached hydrogen (secondary N) is 1. The molecule has 0 fully saturated rings. The number of hydrogen-bond donors (Lipinski definition) is 1. The number of rotatable bonds is 7. The van der Waals surface area contributed by atoms with Gasteiger partial charge in [0.1, 0.15) is 5.69 Å². The van der Waals surface area contributed by atoms with Gasteiger partial charge < -0.3 is 9.64 Å². The van der Waals surface area contributed by atoms with Crippen molar-refractivity contribution >= 4 is 38.1 Å². The molecule has 0 spiro atoms. The Morgan fingerprint density at radius 1 is 1.21 bits per heavy atom. The number of nitriles is 1. The minimum atomic E-state index is -3.81. The van der Waals surface area contributed by atoms with Crippen molar-refractivity contribution in [3.05, 3.63) is 69.7 Å². The van der Waals surface area contributed by atoms with Crippen LogP contribution >= 0.6 is 11.3 Å². The van der Waals surface area contributed by atoms with E-state index in [1.54, 1.807) is 31.2 Å². The highest BCUT2D eigenvalue weighted by atomic mass is 32.2. The van der Waals surface area contributed by atoms with Crippen molar-refractivity contribution in [1.29, 1.82) is 5.26 Å². The molecular formula is C21H18F2N4O4S2. The molecule has 0 aliphatic rings. The molecule has 172 valence electrons. The van der Waals surface area contributed by atoms with Crippen LogP contribution in [0.4, 0.5) is 19.6 Å². The average Bonchev–Trinajstić information content (AvgIpc) is 3.15. The second-order valence-electron chi connectivity index (χ2n) is 6.90. The second-order valence-corrected chi connectivity index (χ2v) is 9.83. The van der Waals surface area contributed by atoms with Crippen LogP contribution in [0.2, 0.25) is 0 Å². The molecule has 0 aliphatic carbocycles. The highest BCUT2D eigenvalue weighted by molar-refractivity contribution is 7.89. The normalized spacial score (nSPS) is 11.0. The number of thiazole rings is 1. The third-order valence-electron chi connectivity index (χ3n) is 4.49. The van der Waals surface area contributed by atoms with Crippen LogP contribution in [-0.2, 0) is 16.6 Å². The molecule has 3 rings (SSSR count). The lowest BCUT2D eigenvalue weighted by molar-refractivity contribution is 0.0977. The third-order valence-corrected chi connectivity index (χ3v) is 6.04. The molecule has 8 nitrogen and oxygen atoms in total. The first-order chi connectivity index (χ1) is 15.5. The molecule has 12 heteroatoms. The Labute approximate surface area is 193 Å². The Morgan fingerprint density at radius 2 is 1.88 bits per heavy atom. The number of halogens is 2. The highest BCUT2D eigenvalue weighted by Gasteiger charge is 2.24. The van der Waals surface area contributed by atoms with Crippen molar-refractivity contribution in [2.24, 2.45) is 0 Å². The van der Waals surface area contributed by atoms with Crippen molar-refractivity contribution < 1.29 is 26.7 Å². The number of nitrogens with zero attached hydrogens (tertiary/aromatic N) is 3. The zero-order valence-electron chi connectivity index (χ0n) is 17.7. The molecule has 1 amide bonds. The van der Waals surface area contributed by atoms with Crippen molar-refractivity contribution in [3.63, 3.8) is 0 Å². The van der Waals surface area contributed by atoms with Crippen LogP contribution in [0.25, 0.3) is 0 Å². The summed E-state index contributed by atoms with van der Waals surface area (Å²) in [6.45, 7) is 1.42. The maximum Gasteiger partial charge on any atom is 0.284 e. The Morgan fingerprint density at radius 3 is 2.45 bits per heavy atom. The van der Waals surface area contributed by atoms with E-state index in [9.17, 15) is 22.0 Å². The summed E-state index contributed by atoms with van der Waals surface area (Å²) < 4.78 is 58.5. The third kappa shape index (κ3) is 5.44. The Bertz CT molecular complexity index is 1350. The first-order valence-electron chi connectivity index (χ1n) is 9.32. The van der Waals surface area contributed by atoms with Gasteiger partial charge in [0.2, 0.25) is 15.8 Å². The summed E-state index contributed by atoms with van der Waals surface area (Å²) in [5.74, 6) is -3.39. The van der Waals surface area contributed by atoms with Gasteiger partial charge in [-0.2, -0.15) is 9.65 Å². The molecule has 2 aromatic carbocycles. The Balaban J connectivity index is 2.07. The number of ether oxygens (including phenoxy) is 1. The number of benzene rings is 2. The van der Waals surface area contributed by atoms with Crippen LogP contribution in [0.1, 0.15) is 26.5 Å². The van der Waals surface area contributed by atoms with Gasteiger partial charge >= 0.3 is 0 Å². The number of aromatic nitrogens is 1. The number of aryl methyl sites for hydroxylation is 1. The number of amides is 1. The van der Waals surface area contributed by atoms with Gasteiger partial charge in [0.05, 0.1) is 31.5 Å². The lowest BCUT2D eigenvalue weighted by Crippen LogP contribution is -2.30. The molecule has 3 aromatic rings. The largest absolute Gasteiger partial charge is 0.494 e. The first kappa shape index (κ1) is 24.1. The number of carbonyl (C=O) groups excluding carboxylic acids is 1. The minimum Gasteiger partial charge on any atom is -0.494 e. The van der Waals surface area contributed by atoms with E-state index in [4.69, 9.17) is 10.00 Å². The van der Waals surface area contributed by atoms with Gasteiger partial charge in [-0.1, -0.05) is 6.07 Å². The maximum atomic E-state index is 14.7. The van der Waals surface area contributed by atoms with E-state index >= 15 is 0 Å². The summed E-state index contributed by atoms with van der Waals surface area (Å²) in [7, 11) is -2.58. The van der Waals surface area contributed by atoms with Crippen LogP contribution in [0.15, 0.2) is 36.4 Å². The lowest BCUT2D eigenvalue weighted by atomic mass is 10.1. The summed E-state index contributed by atoms with van der Waals surface area (Å²) in [6, 6.07) is 11.0. The van der Waals surface area contributed by atoms with E-state index in [1.807, 2.05) is 10.8 Å². The Hall–Kier alpha value is -3.56. The fourth-order valence-corrected chi connectivity index (χ4v) is 4.29. The van der Waals surface area contributed by atoms with Gasteiger partial charge in [0.25, 0.3) is 5.91 Å². The van der Waals surface area contributed by atoms with Gasteiger partial charge in [-0.05, 0) is 37.3 Å². The molecule has 0 unspecified atom stereocenters. The Kier molecular flexibility index (Phi) is 6.95. The first-order valence-corrected chi connectivity index (χ1v) is 12.0. The fraction of sp³-hybridized carbons (Fsp3) is 0.190. The zero-order chi connectivity index (χ0) is 24.3. The summed E-state index contributed by atoms with van der Waals surface area (Å²) in [5, 5.41) is 9.30. The van der Waals surface area contributed by atoms with Crippen LogP contribution in [0.5, 0.6) is 5.75 Å². The molecule has 0 bridgehead atoms. The molecule has 0 saturated carbocycles. The van der Waals surface area contributed by atoms with Gasteiger partial charge in [-0.3, -0.25) is 4.79 Å². The predicted octanol–water partition coefficient (Wildman–Crippen LogP) is 3.64. The second kappa shape index (κ2) is 9.51. The molecule has 1 N–H and O–H groups in total. The molecular weight excluding hydrogens is 474 g/mol. The number of carbonyl (C=O) groups is 1. The van der Waals surface area contributed by atoms with Gasteiger partial charge in [0, 0.05) is 16.1 Å². The molecule has 0 aliphatic heterocycles. The van der Waals surface area contributed by atoms with Gasteiger partial charge in [0.15, 0.2) is 16.7 Å². The summed E-state index contributed by atoms with van der Waals surface area (Å²) in [5.41, 5.74) is 0.769. The van der Waals surface area contributed by atoms with E-state index in [1.165, 1.54) is 24.1 Å². The molecule has 0 atom stereocenters. The van der Waals surface area contributed by atoms with Crippen molar-refractivity contribution in [2.75, 3.05) is 18.3 Å². The quantitative estimate of drug-likeness (QED) is 0.536. The molecule has 0 saturated heterocycles. The van der Waals surface area contributed by atoms with E-state index in [2.05, 4.69) is 4.98 Å². The van der Waals surface area contributed by atoms with Crippen LogP contribution < -0.4 is 14.4 Å². The molecule has 33 heavy (non-hydrogen) atoms. The van der Waals surface area contributed by atoms with Gasteiger partial charge in [-0.25, -0.2) is 22.5 Å². The van der Waals surface area contributed by atoms with Crippen molar-refractivity contribution in [2.45, 2.75) is 13.5 Å². The van der Waals surface area contributed by atoms with E-state index < -0.39 is 27.6 Å². The van der Waals surface area contributed by atoms with Crippen LogP contribution in [0.3, 0.4) is 0 Å². The van der Waals surface area contributed by atoms with Crippen molar-refractivity contribution in [1.82, 2.24) is 9.71 Å². The molecule has 1 heterocycles. The summed E-state index contributed by atoms with van der Waals surface area (Å²) in [6.07, 6.45) is 0.845. The highest BCUT2D eigenvalue weighted by Crippen LogP contribution is 2.34. The SMILES string of the molecule is COc1ccc(CN(c2ccc(C#N)cc2)c2nc(C(=O)NS(C)(=O)=O)c(C)s2)c(F)c1F. The van der Waals surface area contributed by atoms with Crippen LogP contribution in [-0.4, -0.2) is 32.7 Å². The minimum absolute atomic E-state index is 0.00681. The fourth-order valence-electron chi connectivity index (χ4n) is 2.93.